The van der Waals surface area contributed by atoms with Crippen molar-refractivity contribution in [2.24, 2.45) is 5.41 Å². The van der Waals surface area contributed by atoms with Crippen molar-refractivity contribution in [3.8, 4) is 0 Å². The van der Waals surface area contributed by atoms with Gasteiger partial charge in [0.2, 0.25) is 0 Å². The van der Waals surface area contributed by atoms with Crippen LogP contribution in [0, 0.1) is 5.41 Å². The molecule has 1 aromatic rings. The fraction of sp³-hybridized carbons (Fsp3) is 0.538. The van der Waals surface area contributed by atoms with E-state index < -0.39 is 0 Å². The van der Waals surface area contributed by atoms with Gasteiger partial charge in [0.1, 0.15) is 4.60 Å². The molecule has 1 aromatic heterocycles. The van der Waals surface area contributed by atoms with Crippen molar-refractivity contribution >= 4 is 21.8 Å². The van der Waals surface area contributed by atoms with Crippen molar-refractivity contribution < 1.29 is 9.90 Å². The van der Waals surface area contributed by atoms with E-state index in [0.717, 1.165) is 25.7 Å². The highest BCUT2D eigenvalue weighted by atomic mass is 79.9. The van der Waals surface area contributed by atoms with Crippen molar-refractivity contribution in [3.63, 3.8) is 0 Å². The van der Waals surface area contributed by atoms with Gasteiger partial charge in [-0.05, 0) is 40.9 Å². The van der Waals surface area contributed by atoms with Crippen molar-refractivity contribution in [1.29, 1.82) is 0 Å². The molecule has 1 aliphatic rings. The van der Waals surface area contributed by atoms with E-state index in [9.17, 15) is 9.90 Å². The predicted octanol–water partition coefficient (Wildman–Crippen LogP) is 2.13. The smallest absolute Gasteiger partial charge is 0.254 e. The van der Waals surface area contributed by atoms with Crippen molar-refractivity contribution in [1.82, 2.24) is 10.3 Å². The fourth-order valence-electron chi connectivity index (χ4n) is 2.43. The quantitative estimate of drug-likeness (QED) is 0.837. The molecule has 0 aromatic carbocycles. The summed E-state index contributed by atoms with van der Waals surface area (Å²) in [6.45, 7) is 0.672. The Morgan fingerprint density at radius 1 is 1.50 bits per heavy atom. The second-order valence-corrected chi connectivity index (χ2v) is 5.64. The molecule has 5 heteroatoms. The minimum atomic E-state index is -0.144. The molecule has 98 valence electrons. The van der Waals surface area contributed by atoms with E-state index in [0.29, 0.717) is 16.7 Å². The van der Waals surface area contributed by atoms with Crippen molar-refractivity contribution in [2.45, 2.75) is 25.7 Å². The summed E-state index contributed by atoms with van der Waals surface area (Å²) in [5, 5.41) is 12.4. The third-order valence-corrected chi connectivity index (χ3v) is 4.26. The maximum absolute atomic E-state index is 12.0. The standard InChI is InChI=1S/C13H17BrN2O2/c14-11-10(4-3-7-15-11)12(18)16-8-13(9-17)5-1-2-6-13/h3-4,7,17H,1-2,5-6,8-9H2,(H,16,18). The summed E-state index contributed by atoms with van der Waals surface area (Å²) in [7, 11) is 0. The van der Waals surface area contributed by atoms with Crippen LogP contribution in [0.5, 0.6) is 0 Å². The SMILES string of the molecule is O=C(NCC1(CO)CCCC1)c1cccnc1Br. The number of hydrogen-bond acceptors (Lipinski definition) is 3. The minimum absolute atomic E-state index is 0.121. The van der Waals surface area contributed by atoms with E-state index >= 15 is 0 Å². The third kappa shape index (κ3) is 2.90. The van der Waals surface area contributed by atoms with E-state index in [1.165, 1.54) is 0 Å². The molecule has 0 radical (unpaired) electrons. The molecule has 4 nitrogen and oxygen atoms in total. The predicted molar refractivity (Wildman–Crippen MR) is 72.3 cm³/mol. The number of amides is 1. The van der Waals surface area contributed by atoms with Gasteiger partial charge in [-0.3, -0.25) is 4.79 Å². The first-order valence-corrected chi connectivity index (χ1v) is 6.96. The van der Waals surface area contributed by atoms with Crippen LogP contribution in [0.25, 0.3) is 0 Å². The van der Waals surface area contributed by atoms with Gasteiger partial charge in [-0.2, -0.15) is 0 Å². The van der Waals surface area contributed by atoms with Gasteiger partial charge in [-0.15, -0.1) is 0 Å². The molecule has 0 aliphatic heterocycles. The molecule has 0 atom stereocenters. The Kier molecular flexibility index (Phi) is 4.35. The van der Waals surface area contributed by atoms with Gasteiger partial charge in [0.05, 0.1) is 12.2 Å². The second kappa shape index (κ2) is 5.80. The monoisotopic (exact) mass is 312 g/mol. The lowest BCUT2D eigenvalue weighted by Gasteiger charge is -2.26. The first-order valence-electron chi connectivity index (χ1n) is 6.16. The van der Waals surface area contributed by atoms with E-state index in [1.807, 2.05) is 0 Å². The van der Waals surface area contributed by atoms with Gasteiger partial charge in [-0.1, -0.05) is 12.8 Å². The van der Waals surface area contributed by atoms with Gasteiger partial charge in [0, 0.05) is 18.2 Å². The Morgan fingerprint density at radius 3 is 2.83 bits per heavy atom. The maximum atomic E-state index is 12.0. The number of nitrogens with one attached hydrogen (secondary N) is 1. The van der Waals surface area contributed by atoms with Gasteiger partial charge in [0.15, 0.2) is 0 Å². The number of aliphatic hydroxyl groups excluding tert-OH is 1. The summed E-state index contributed by atoms with van der Waals surface area (Å²) >= 11 is 3.26. The Morgan fingerprint density at radius 2 is 2.22 bits per heavy atom. The molecule has 1 saturated carbocycles. The molecule has 0 saturated heterocycles. The number of nitrogens with zero attached hydrogens (tertiary/aromatic N) is 1. The first-order chi connectivity index (χ1) is 8.67. The van der Waals surface area contributed by atoms with Crippen LogP contribution < -0.4 is 5.32 Å². The highest BCUT2D eigenvalue weighted by molar-refractivity contribution is 9.10. The zero-order valence-electron chi connectivity index (χ0n) is 10.2. The summed E-state index contributed by atoms with van der Waals surface area (Å²) in [5.41, 5.74) is 0.410. The molecule has 0 spiro atoms. The van der Waals surface area contributed by atoms with E-state index in [1.54, 1.807) is 18.3 Å². The molecular weight excluding hydrogens is 296 g/mol. The number of carbonyl (C=O) groups is 1. The van der Waals surface area contributed by atoms with Crippen LogP contribution in [0.4, 0.5) is 0 Å². The van der Waals surface area contributed by atoms with Crippen LogP contribution in [-0.2, 0) is 0 Å². The number of aliphatic hydroxyl groups is 1. The molecule has 2 rings (SSSR count). The number of aromatic nitrogens is 1. The van der Waals surface area contributed by atoms with Gasteiger partial charge >= 0.3 is 0 Å². The summed E-state index contributed by atoms with van der Waals surface area (Å²) in [5.74, 6) is -0.144. The normalized spacial score (nSPS) is 17.7. The summed E-state index contributed by atoms with van der Waals surface area (Å²) in [6.07, 6.45) is 5.86. The Hall–Kier alpha value is -0.940. The molecular formula is C13H17BrN2O2. The molecule has 2 N–H and O–H groups in total. The van der Waals surface area contributed by atoms with Crippen LogP contribution in [0.3, 0.4) is 0 Å². The molecule has 1 heterocycles. The molecule has 1 aliphatic carbocycles. The number of rotatable bonds is 4. The average molecular weight is 313 g/mol. The lowest BCUT2D eigenvalue weighted by molar-refractivity contribution is 0.0879. The summed E-state index contributed by atoms with van der Waals surface area (Å²) in [6, 6.07) is 3.46. The van der Waals surface area contributed by atoms with Crippen LogP contribution in [0.1, 0.15) is 36.0 Å². The van der Waals surface area contributed by atoms with Gasteiger partial charge in [-0.25, -0.2) is 4.98 Å². The zero-order valence-corrected chi connectivity index (χ0v) is 11.7. The Balaban J connectivity index is 1.98. The fourth-order valence-corrected chi connectivity index (χ4v) is 2.86. The van der Waals surface area contributed by atoms with Crippen molar-refractivity contribution in [2.75, 3.05) is 13.2 Å². The molecule has 0 unspecified atom stereocenters. The van der Waals surface area contributed by atoms with E-state index in [-0.39, 0.29) is 17.9 Å². The average Bonchev–Trinajstić information content (AvgIpc) is 2.86. The minimum Gasteiger partial charge on any atom is -0.396 e. The molecule has 18 heavy (non-hydrogen) atoms. The molecule has 1 fully saturated rings. The highest BCUT2D eigenvalue weighted by Gasteiger charge is 2.33. The van der Waals surface area contributed by atoms with Crippen molar-refractivity contribution in [3.05, 3.63) is 28.5 Å². The van der Waals surface area contributed by atoms with Gasteiger partial charge in [0.25, 0.3) is 5.91 Å². The Bertz CT molecular complexity index is 431. The van der Waals surface area contributed by atoms with Gasteiger partial charge < -0.3 is 10.4 Å². The zero-order chi connectivity index (χ0) is 13.0. The van der Waals surface area contributed by atoms with E-state index in [2.05, 4.69) is 26.2 Å². The van der Waals surface area contributed by atoms with Crippen LogP contribution in [0.2, 0.25) is 0 Å². The number of hydrogen-bond donors (Lipinski definition) is 2. The second-order valence-electron chi connectivity index (χ2n) is 4.89. The van der Waals surface area contributed by atoms with Crippen LogP contribution in [0.15, 0.2) is 22.9 Å². The highest BCUT2D eigenvalue weighted by Crippen LogP contribution is 2.36. The maximum Gasteiger partial charge on any atom is 0.254 e. The first kappa shape index (κ1) is 13.5. The largest absolute Gasteiger partial charge is 0.396 e. The topological polar surface area (TPSA) is 62.2 Å². The number of pyridine rings is 1. The lowest BCUT2D eigenvalue weighted by Crippen LogP contribution is -2.38. The van der Waals surface area contributed by atoms with E-state index in [4.69, 9.17) is 0 Å². The Labute approximate surface area is 115 Å². The molecule has 1 amide bonds. The summed E-state index contributed by atoms with van der Waals surface area (Å²) in [4.78, 5) is 16.0. The molecule has 0 bridgehead atoms. The number of carbonyl (C=O) groups excluding carboxylic acids is 1. The lowest BCUT2D eigenvalue weighted by atomic mass is 9.87. The summed E-state index contributed by atoms with van der Waals surface area (Å²) < 4.78 is 0.548. The van der Waals surface area contributed by atoms with Crippen LogP contribution >= 0.6 is 15.9 Å². The third-order valence-electron chi connectivity index (χ3n) is 3.63. The van der Waals surface area contributed by atoms with Crippen LogP contribution in [-0.4, -0.2) is 29.1 Å². The number of halogens is 1.